The summed E-state index contributed by atoms with van der Waals surface area (Å²) in [5.41, 5.74) is 7.88. The van der Waals surface area contributed by atoms with Crippen LogP contribution in [0.5, 0.6) is 0 Å². The summed E-state index contributed by atoms with van der Waals surface area (Å²) in [6, 6.07) is 7.33. The summed E-state index contributed by atoms with van der Waals surface area (Å²) < 4.78 is 5.67. The molecular weight excluding hydrogens is 228 g/mol. The summed E-state index contributed by atoms with van der Waals surface area (Å²) >= 11 is 0. The first-order valence-electron chi connectivity index (χ1n) is 6.43. The Bertz CT molecular complexity index is 397. The fourth-order valence-corrected chi connectivity index (χ4v) is 2.10. The van der Waals surface area contributed by atoms with Crippen LogP contribution in [0, 0.1) is 0 Å². The highest BCUT2D eigenvalue weighted by molar-refractivity contribution is 5.84. The van der Waals surface area contributed by atoms with E-state index in [1.807, 2.05) is 31.2 Å². The van der Waals surface area contributed by atoms with Gasteiger partial charge in [-0.1, -0.05) is 31.2 Å². The Labute approximate surface area is 108 Å². The van der Waals surface area contributed by atoms with Crippen molar-refractivity contribution in [1.29, 1.82) is 0 Å². The lowest BCUT2D eigenvalue weighted by Crippen LogP contribution is -2.33. The number of carbonyl (C=O) groups is 1. The maximum Gasteiger partial charge on any atom is 0.153 e. The molecule has 1 aromatic rings. The number of morpholine rings is 1. The third-order valence-electron chi connectivity index (χ3n) is 3.29. The molecule has 2 unspecified atom stereocenters. The van der Waals surface area contributed by atoms with Gasteiger partial charge in [-0.05, 0) is 11.1 Å². The molecule has 0 spiro atoms. The lowest BCUT2D eigenvalue weighted by Gasteiger charge is -2.24. The number of Topliss-reactive ketones (excluding diaryl/α,β-unsaturated/α-hetero) is 1. The van der Waals surface area contributed by atoms with E-state index in [4.69, 9.17) is 10.5 Å². The van der Waals surface area contributed by atoms with Crippen LogP contribution in [-0.4, -0.2) is 25.5 Å². The summed E-state index contributed by atoms with van der Waals surface area (Å²) in [5.74, 6) is 0.0679. The number of carbonyl (C=O) groups excluding carboxylic acids is 1. The molecule has 0 radical (unpaired) electrons. The molecular formula is C14H20N2O2. The van der Waals surface area contributed by atoms with Gasteiger partial charge >= 0.3 is 0 Å². The number of hydrogen-bond acceptors (Lipinski definition) is 4. The van der Waals surface area contributed by atoms with E-state index in [-0.39, 0.29) is 11.9 Å². The highest BCUT2D eigenvalue weighted by Crippen LogP contribution is 2.21. The molecule has 3 N–H and O–H groups in total. The van der Waals surface area contributed by atoms with E-state index in [0.717, 1.165) is 30.8 Å². The van der Waals surface area contributed by atoms with Crippen molar-refractivity contribution < 1.29 is 9.53 Å². The van der Waals surface area contributed by atoms with Crippen LogP contribution >= 0.6 is 0 Å². The molecule has 18 heavy (non-hydrogen) atoms. The Hall–Kier alpha value is -1.23. The van der Waals surface area contributed by atoms with Gasteiger partial charge in [-0.3, -0.25) is 4.79 Å². The van der Waals surface area contributed by atoms with Gasteiger partial charge in [0.25, 0.3) is 0 Å². The largest absolute Gasteiger partial charge is 0.371 e. The zero-order valence-corrected chi connectivity index (χ0v) is 10.7. The van der Waals surface area contributed by atoms with Crippen molar-refractivity contribution in [2.45, 2.75) is 25.5 Å². The third kappa shape index (κ3) is 2.96. The van der Waals surface area contributed by atoms with E-state index < -0.39 is 6.04 Å². The zero-order valence-electron chi connectivity index (χ0n) is 10.7. The van der Waals surface area contributed by atoms with Crippen LogP contribution in [0.4, 0.5) is 0 Å². The Kier molecular flexibility index (Phi) is 4.47. The van der Waals surface area contributed by atoms with Crippen LogP contribution < -0.4 is 11.1 Å². The second kappa shape index (κ2) is 6.09. The number of hydrogen-bond donors (Lipinski definition) is 2. The van der Waals surface area contributed by atoms with E-state index in [0.29, 0.717) is 6.42 Å². The Morgan fingerprint density at radius 2 is 2.22 bits per heavy atom. The standard InChI is InChI=1S/C14H20N2O2/c1-2-12(17)14(15)11-5-3-10(4-6-11)13-9-16-7-8-18-13/h3-6,13-14,16H,2,7-9,15H2,1H3. The maximum atomic E-state index is 11.5. The van der Waals surface area contributed by atoms with E-state index in [9.17, 15) is 4.79 Å². The molecule has 1 heterocycles. The second-order valence-corrected chi connectivity index (χ2v) is 4.53. The first-order chi connectivity index (χ1) is 8.72. The van der Waals surface area contributed by atoms with E-state index >= 15 is 0 Å². The number of nitrogens with two attached hydrogens (primary N) is 1. The van der Waals surface area contributed by atoms with E-state index in [1.165, 1.54) is 0 Å². The molecule has 0 bridgehead atoms. The highest BCUT2D eigenvalue weighted by Gasteiger charge is 2.17. The molecule has 0 aliphatic carbocycles. The minimum absolute atomic E-state index is 0.0679. The van der Waals surface area contributed by atoms with Crippen molar-refractivity contribution in [3.63, 3.8) is 0 Å². The number of benzene rings is 1. The molecule has 4 nitrogen and oxygen atoms in total. The van der Waals surface area contributed by atoms with Gasteiger partial charge in [-0.25, -0.2) is 0 Å². The number of rotatable bonds is 4. The number of ketones is 1. The summed E-state index contributed by atoms with van der Waals surface area (Å²) in [5, 5.41) is 3.29. The van der Waals surface area contributed by atoms with Gasteiger partial charge in [0.1, 0.15) is 0 Å². The quantitative estimate of drug-likeness (QED) is 0.843. The van der Waals surface area contributed by atoms with Crippen LogP contribution in [0.15, 0.2) is 24.3 Å². The van der Waals surface area contributed by atoms with Crippen LogP contribution in [0.25, 0.3) is 0 Å². The summed E-state index contributed by atoms with van der Waals surface area (Å²) in [7, 11) is 0. The van der Waals surface area contributed by atoms with Crippen LogP contribution in [0.2, 0.25) is 0 Å². The summed E-state index contributed by atoms with van der Waals surface area (Å²) in [4.78, 5) is 11.5. The smallest absolute Gasteiger partial charge is 0.153 e. The number of ether oxygens (including phenoxy) is 1. The van der Waals surface area contributed by atoms with Gasteiger partial charge < -0.3 is 15.8 Å². The van der Waals surface area contributed by atoms with Gasteiger partial charge in [0.2, 0.25) is 0 Å². The molecule has 1 saturated heterocycles. The first kappa shape index (κ1) is 13.2. The molecule has 0 amide bonds. The Morgan fingerprint density at radius 1 is 1.50 bits per heavy atom. The summed E-state index contributed by atoms with van der Waals surface area (Å²) in [6.07, 6.45) is 0.573. The minimum Gasteiger partial charge on any atom is -0.371 e. The molecule has 1 aromatic carbocycles. The van der Waals surface area contributed by atoms with Gasteiger partial charge in [-0.15, -0.1) is 0 Å². The van der Waals surface area contributed by atoms with Crippen molar-refractivity contribution in [2.24, 2.45) is 5.73 Å². The van der Waals surface area contributed by atoms with Crippen molar-refractivity contribution in [3.8, 4) is 0 Å². The second-order valence-electron chi connectivity index (χ2n) is 4.53. The molecule has 2 atom stereocenters. The molecule has 0 saturated carbocycles. The molecule has 2 rings (SSSR count). The van der Waals surface area contributed by atoms with Gasteiger partial charge in [-0.2, -0.15) is 0 Å². The van der Waals surface area contributed by atoms with Gasteiger partial charge in [0.05, 0.1) is 18.8 Å². The third-order valence-corrected chi connectivity index (χ3v) is 3.29. The number of nitrogens with one attached hydrogen (secondary N) is 1. The van der Waals surface area contributed by atoms with Crippen LogP contribution in [0.3, 0.4) is 0 Å². The molecule has 1 aliphatic rings. The predicted molar refractivity (Wildman–Crippen MR) is 70.2 cm³/mol. The highest BCUT2D eigenvalue weighted by atomic mass is 16.5. The monoisotopic (exact) mass is 248 g/mol. The topological polar surface area (TPSA) is 64.4 Å². The van der Waals surface area contributed by atoms with Crippen molar-refractivity contribution in [2.75, 3.05) is 19.7 Å². The lowest BCUT2D eigenvalue weighted by atomic mass is 9.99. The van der Waals surface area contributed by atoms with Crippen molar-refractivity contribution in [1.82, 2.24) is 5.32 Å². The lowest BCUT2D eigenvalue weighted by molar-refractivity contribution is -0.120. The van der Waals surface area contributed by atoms with Crippen molar-refractivity contribution >= 4 is 5.78 Å². The summed E-state index contributed by atoms with van der Waals surface area (Å²) in [6.45, 7) is 4.31. The normalized spacial score (nSPS) is 21.6. The fourth-order valence-electron chi connectivity index (χ4n) is 2.10. The predicted octanol–water partition coefficient (Wildman–Crippen LogP) is 1.33. The fraction of sp³-hybridized carbons (Fsp3) is 0.500. The van der Waals surface area contributed by atoms with Gasteiger partial charge in [0, 0.05) is 19.5 Å². The average molecular weight is 248 g/mol. The van der Waals surface area contributed by atoms with Crippen LogP contribution in [-0.2, 0) is 9.53 Å². The maximum absolute atomic E-state index is 11.5. The van der Waals surface area contributed by atoms with Crippen molar-refractivity contribution in [3.05, 3.63) is 35.4 Å². The molecule has 4 heteroatoms. The van der Waals surface area contributed by atoms with E-state index in [1.54, 1.807) is 0 Å². The molecule has 98 valence electrons. The molecule has 1 fully saturated rings. The van der Waals surface area contributed by atoms with Crippen LogP contribution in [0.1, 0.15) is 36.6 Å². The molecule has 1 aliphatic heterocycles. The first-order valence-corrected chi connectivity index (χ1v) is 6.43. The average Bonchev–Trinajstić information content (AvgIpc) is 2.47. The molecule has 0 aromatic heterocycles. The Balaban J connectivity index is 2.07. The van der Waals surface area contributed by atoms with E-state index in [2.05, 4.69) is 5.32 Å². The Morgan fingerprint density at radius 3 is 2.78 bits per heavy atom. The zero-order chi connectivity index (χ0) is 13.0. The minimum atomic E-state index is -0.505. The van der Waals surface area contributed by atoms with Gasteiger partial charge in [0.15, 0.2) is 5.78 Å². The SMILES string of the molecule is CCC(=O)C(N)c1ccc(C2CNCCO2)cc1.